The van der Waals surface area contributed by atoms with Crippen molar-refractivity contribution in [3.63, 3.8) is 0 Å². The predicted octanol–water partition coefficient (Wildman–Crippen LogP) is 2.60. The summed E-state index contributed by atoms with van der Waals surface area (Å²) < 4.78 is 0. The first kappa shape index (κ1) is 15.1. The third-order valence-electron chi connectivity index (χ3n) is 4.62. The lowest BCUT2D eigenvalue weighted by Crippen LogP contribution is -2.50. The number of carboxylic acid groups (broad SMARTS) is 1. The number of amides is 2. The van der Waals surface area contributed by atoms with Gasteiger partial charge in [0.1, 0.15) is 0 Å². The van der Waals surface area contributed by atoms with Gasteiger partial charge in [0, 0.05) is 18.6 Å². The number of nitrogens with one attached hydrogen (secondary N) is 1. The van der Waals surface area contributed by atoms with Gasteiger partial charge in [-0.25, -0.2) is 4.79 Å². The van der Waals surface area contributed by atoms with Crippen LogP contribution in [-0.2, 0) is 4.79 Å². The van der Waals surface area contributed by atoms with Gasteiger partial charge in [-0.05, 0) is 44.9 Å². The predicted molar refractivity (Wildman–Crippen MR) is 76.5 cm³/mol. The van der Waals surface area contributed by atoms with Gasteiger partial charge in [0.2, 0.25) is 0 Å². The van der Waals surface area contributed by atoms with Crippen LogP contribution in [-0.4, -0.2) is 40.6 Å². The first-order valence-corrected chi connectivity index (χ1v) is 7.91. The Morgan fingerprint density at radius 1 is 1.25 bits per heavy atom. The molecule has 3 unspecified atom stereocenters. The summed E-state index contributed by atoms with van der Waals surface area (Å²) in [5.74, 6) is -1.02. The van der Waals surface area contributed by atoms with Crippen LogP contribution in [0.3, 0.4) is 0 Å². The van der Waals surface area contributed by atoms with E-state index in [0.29, 0.717) is 18.9 Å². The Morgan fingerprint density at radius 3 is 2.70 bits per heavy atom. The smallest absolute Gasteiger partial charge is 0.317 e. The molecule has 2 fully saturated rings. The second-order valence-corrected chi connectivity index (χ2v) is 6.13. The molecule has 2 rings (SSSR count). The first-order chi connectivity index (χ1) is 9.61. The summed E-state index contributed by atoms with van der Waals surface area (Å²) in [6, 6.07) is 0.414. The fourth-order valence-electron chi connectivity index (χ4n) is 3.50. The molecule has 1 heterocycles. The number of likely N-dealkylation sites (tertiary alicyclic amines) is 1. The Labute approximate surface area is 120 Å². The molecular formula is C15H26N2O3. The van der Waals surface area contributed by atoms with E-state index in [0.717, 1.165) is 38.6 Å². The quantitative estimate of drug-likeness (QED) is 0.832. The Bertz CT molecular complexity index is 357. The van der Waals surface area contributed by atoms with Crippen LogP contribution in [0.4, 0.5) is 4.79 Å². The molecule has 20 heavy (non-hydrogen) atoms. The molecule has 5 heteroatoms. The average molecular weight is 282 g/mol. The van der Waals surface area contributed by atoms with Crippen LogP contribution in [0.2, 0.25) is 0 Å². The molecule has 114 valence electrons. The number of urea groups is 1. The van der Waals surface area contributed by atoms with E-state index in [2.05, 4.69) is 12.2 Å². The zero-order chi connectivity index (χ0) is 14.5. The Hall–Kier alpha value is -1.26. The number of piperidine rings is 1. The van der Waals surface area contributed by atoms with Gasteiger partial charge in [-0.1, -0.05) is 13.3 Å². The van der Waals surface area contributed by atoms with Gasteiger partial charge < -0.3 is 15.3 Å². The minimum atomic E-state index is -0.733. The molecule has 0 spiro atoms. The van der Waals surface area contributed by atoms with E-state index in [1.807, 2.05) is 4.90 Å². The maximum Gasteiger partial charge on any atom is 0.317 e. The van der Waals surface area contributed by atoms with Crippen molar-refractivity contribution in [2.24, 2.45) is 5.92 Å². The molecule has 5 nitrogen and oxygen atoms in total. The lowest BCUT2D eigenvalue weighted by Gasteiger charge is -2.36. The summed E-state index contributed by atoms with van der Waals surface area (Å²) in [5, 5.41) is 12.0. The van der Waals surface area contributed by atoms with Gasteiger partial charge in [0.25, 0.3) is 0 Å². The summed E-state index contributed by atoms with van der Waals surface area (Å²) in [7, 11) is 0. The van der Waals surface area contributed by atoms with E-state index in [9.17, 15) is 9.59 Å². The second kappa shape index (κ2) is 6.95. The van der Waals surface area contributed by atoms with Crippen LogP contribution in [0.15, 0.2) is 0 Å². The average Bonchev–Trinajstić information content (AvgIpc) is 2.88. The molecule has 0 aromatic carbocycles. The fraction of sp³-hybridized carbons (Fsp3) is 0.867. The molecule has 2 amide bonds. The van der Waals surface area contributed by atoms with Gasteiger partial charge in [0.05, 0.1) is 5.92 Å². The van der Waals surface area contributed by atoms with Crippen LogP contribution < -0.4 is 5.32 Å². The third-order valence-corrected chi connectivity index (χ3v) is 4.62. The molecule has 0 aromatic heterocycles. The number of nitrogens with zero attached hydrogens (tertiary/aromatic N) is 1. The largest absolute Gasteiger partial charge is 0.481 e. The molecule has 0 radical (unpaired) electrons. The molecule has 1 saturated carbocycles. The highest BCUT2D eigenvalue weighted by molar-refractivity contribution is 5.75. The lowest BCUT2D eigenvalue weighted by atomic mass is 9.98. The number of carbonyl (C=O) groups excluding carboxylic acids is 1. The van der Waals surface area contributed by atoms with E-state index in [-0.39, 0.29) is 18.0 Å². The van der Waals surface area contributed by atoms with Gasteiger partial charge in [-0.15, -0.1) is 0 Å². The summed E-state index contributed by atoms with van der Waals surface area (Å²) in [5.41, 5.74) is 0. The van der Waals surface area contributed by atoms with E-state index >= 15 is 0 Å². The fourth-order valence-corrected chi connectivity index (χ4v) is 3.50. The summed E-state index contributed by atoms with van der Waals surface area (Å²) in [4.78, 5) is 25.3. The van der Waals surface area contributed by atoms with E-state index < -0.39 is 5.97 Å². The van der Waals surface area contributed by atoms with Gasteiger partial charge >= 0.3 is 12.0 Å². The van der Waals surface area contributed by atoms with Crippen molar-refractivity contribution in [1.29, 1.82) is 0 Å². The first-order valence-electron chi connectivity index (χ1n) is 7.91. The lowest BCUT2D eigenvalue weighted by molar-refractivity contribution is -0.141. The van der Waals surface area contributed by atoms with Crippen LogP contribution in [0.1, 0.15) is 58.3 Å². The molecule has 1 aliphatic heterocycles. The minimum absolute atomic E-state index is 0.0131. The zero-order valence-corrected chi connectivity index (χ0v) is 12.3. The third kappa shape index (κ3) is 3.64. The SMILES string of the molecule is CCCC1CCCCN1C(=O)NC1CCC(C(=O)O)C1. The summed E-state index contributed by atoms with van der Waals surface area (Å²) >= 11 is 0. The number of rotatable bonds is 4. The van der Waals surface area contributed by atoms with Crippen molar-refractivity contribution in [3.05, 3.63) is 0 Å². The number of aliphatic carboxylic acids is 1. The normalized spacial score (nSPS) is 30.2. The van der Waals surface area contributed by atoms with Crippen molar-refractivity contribution >= 4 is 12.0 Å². The van der Waals surface area contributed by atoms with Gasteiger partial charge in [-0.3, -0.25) is 4.79 Å². The number of carbonyl (C=O) groups is 2. The number of hydrogen-bond acceptors (Lipinski definition) is 2. The van der Waals surface area contributed by atoms with E-state index in [4.69, 9.17) is 5.11 Å². The van der Waals surface area contributed by atoms with Crippen LogP contribution >= 0.6 is 0 Å². The molecule has 0 aromatic rings. The standard InChI is InChI=1S/C15H26N2O3/c1-2-5-13-6-3-4-9-17(13)15(20)16-12-8-7-11(10-12)14(18)19/h11-13H,2-10H2,1H3,(H,16,20)(H,18,19). The summed E-state index contributed by atoms with van der Waals surface area (Å²) in [6.45, 7) is 2.99. The highest BCUT2D eigenvalue weighted by Gasteiger charge is 2.33. The van der Waals surface area contributed by atoms with Crippen molar-refractivity contribution in [2.45, 2.75) is 70.4 Å². The molecular weight excluding hydrogens is 256 g/mol. The van der Waals surface area contributed by atoms with Crippen molar-refractivity contribution in [1.82, 2.24) is 10.2 Å². The molecule has 3 atom stereocenters. The van der Waals surface area contributed by atoms with Gasteiger partial charge in [0.15, 0.2) is 0 Å². The molecule has 2 N–H and O–H groups in total. The maximum atomic E-state index is 12.4. The molecule has 0 bridgehead atoms. The number of hydrogen-bond donors (Lipinski definition) is 2. The zero-order valence-electron chi connectivity index (χ0n) is 12.3. The van der Waals surface area contributed by atoms with Gasteiger partial charge in [-0.2, -0.15) is 0 Å². The molecule has 1 aliphatic carbocycles. The monoisotopic (exact) mass is 282 g/mol. The van der Waals surface area contributed by atoms with Crippen molar-refractivity contribution in [3.8, 4) is 0 Å². The maximum absolute atomic E-state index is 12.4. The summed E-state index contributed by atoms with van der Waals surface area (Å²) in [6.07, 6.45) is 7.59. The Morgan fingerprint density at radius 2 is 2.05 bits per heavy atom. The molecule has 2 aliphatic rings. The minimum Gasteiger partial charge on any atom is -0.481 e. The van der Waals surface area contributed by atoms with E-state index in [1.165, 1.54) is 6.42 Å². The topological polar surface area (TPSA) is 69.6 Å². The van der Waals surface area contributed by atoms with E-state index in [1.54, 1.807) is 0 Å². The van der Waals surface area contributed by atoms with Crippen LogP contribution in [0, 0.1) is 5.92 Å². The Kier molecular flexibility index (Phi) is 5.26. The highest BCUT2D eigenvalue weighted by Crippen LogP contribution is 2.27. The van der Waals surface area contributed by atoms with Crippen molar-refractivity contribution < 1.29 is 14.7 Å². The van der Waals surface area contributed by atoms with Crippen LogP contribution in [0.5, 0.6) is 0 Å². The van der Waals surface area contributed by atoms with Crippen molar-refractivity contribution in [2.75, 3.05) is 6.54 Å². The highest BCUT2D eigenvalue weighted by atomic mass is 16.4. The van der Waals surface area contributed by atoms with Crippen LogP contribution in [0.25, 0.3) is 0 Å². The number of carboxylic acids is 1. The molecule has 1 saturated heterocycles. The Balaban J connectivity index is 1.85. The second-order valence-electron chi connectivity index (χ2n) is 6.13.